The first-order valence-electron chi connectivity index (χ1n) is 10.7. The van der Waals surface area contributed by atoms with Crippen LogP contribution in [0.1, 0.15) is 10.4 Å². The molecule has 4 aromatic rings. The highest BCUT2D eigenvalue weighted by Gasteiger charge is 2.29. The third kappa shape index (κ3) is 5.03. The molecule has 0 atom stereocenters. The van der Waals surface area contributed by atoms with E-state index in [1.165, 1.54) is 31.4 Å². The van der Waals surface area contributed by atoms with Gasteiger partial charge in [0, 0.05) is 24.7 Å². The summed E-state index contributed by atoms with van der Waals surface area (Å²) < 4.78 is 33.9. The predicted octanol–water partition coefficient (Wildman–Crippen LogP) is 3.29. The molecule has 0 bridgehead atoms. The molecule has 0 saturated carbocycles. The number of anilines is 3. The van der Waals surface area contributed by atoms with Crippen molar-refractivity contribution in [3.63, 3.8) is 0 Å². The average Bonchev–Trinajstić information content (AvgIpc) is 2.88. The van der Waals surface area contributed by atoms with Crippen molar-refractivity contribution >= 4 is 55.9 Å². The van der Waals surface area contributed by atoms with Crippen LogP contribution in [0, 0.1) is 0 Å². The summed E-state index contributed by atoms with van der Waals surface area (Å²) in [6.45, 7) is -0.126. The Morgan fingerprint density at radius 3 is 2.44 bits per heavy atom. The lowest BCUT2D eigenvalue weighted by molar-refractivity contribution is 0.1000. The van der Waals surface area contributed by atoms with Crippen LogP contribution in [0.15, 0.2) is 71.6 Å². The molecule has 1 amide bonds. The molecular weight excluding hydrogens is 504 g/mol. The van der Waals surface area contributed by atoms with E-state index in [-0.39, 0.29) is 35.2 Å². The number of nitrogens with two attached hydrogens (primary N) is 2. The topological polar surface area (TPSA) is 154 Å². The highest BCUT2D eigenvalue weighted by molar-refractivity contribution is 7.92. The minimum Gasteiger partial charge on any atom is -0.497 e. The van der Waals surface area contributed by atoms with Crippen LogP contribution in [0.25, 0.3) is 11.0 Å². The van der Waals surface area contributed by atoms with Gasteiger partial charge in [-0.3, -0.25) is 4.79 Å². The molecule has 0 aliphatic rings. The lowest BCUT2D eigenvalue weighted by atomic mass is 10.2. The Kier molecular flexibility index (Phi) is 7.25. The number of fused-ring (bicyclic) bond motifs is 1. The van der Waals surface area contributed by atoms with Crippen LogP contribution in [-0.4, -0.2) is 44.5 Å². The number of para-hydroxylation sites is 2. The summed E-state index contributed by atoms with van der Waals surface area (Å²) >= 11 is 6.39. The average molecular weight is 527 g/mol. The Bertz CT molecular complexity index is 1550. The number of primary amides is 1. The zero-order chi connectivity index (χ0) is 25.9. The Morgan fingerprint density at radius 1 is 1.06 bits per heavy atom. The molecule has 0 unspecified atom stereocenters. The van der Waals surface area contributed by atoms with Crippen LogP contribution in [0.2, 0.25) is 5.02 Å². The smallest absolute Gasteiger partial charge is 0.265 e. The van der Waals surface area contributed by atoms with Crippen molar-refractivity contribution in [1.82, 2.24) is 9.97 Å². The summed E-state index contributed by atoms with van der Waals surface area (Å²) in [5, 5.41) is 3.45. The van der Waals surface area contributed by atoms with Crippen LogP contribution in [0.4, 0.5) is 17.3 Å². The van der Waals surface area contributed by atoms with E-state index < -0.39 is 15.9 Å². The first-order chi connectivity index (χ1) is 17.2. The Hall–Kier alpha value is -3.93. The van der Waals surface area contributed by atoms with Gasteiger partial charge < -0.3 is 21.5 Å². The summed E-state index contributed by atoms with van der Waals surface area (Å²) in [7, 11) is -2.72. The molecule has 0 fully saturated rings. The van der Waals surface area contributed by atoms with Gasteiger partial charge in [-0.2, -0.15) is 0 Å². The van der Waals surface area contributed by atoms with Gasteiger partial charge in [0.05, 0.1) is 33.7 Å². The fraction of sp³-hybridized carbons (Fsp3) is 0.125. The van der Waals surface area contributed by atoms with E-state index >= 15 is 0 Å². The number of methoxy groups -OCH3 is 1. The normalized spacial score (nSPS) is 11.3. The molecule has 0 radical (unpaired) electrons. The van der Waals surface area contributed by atoms with E-state index in [2.05, 4.69) is 15.3 Å². The summed E-state index contributed by atoms with van der Waals surface area (Å²) in [6.07, 6.45) is 0. The summed E-state index contributed by atoms with van der Waals surface area (Å²) in [5.74, 6) is -0.0840. The van der Waals surface area contributed by atoms with Gasteiger partial charge in [-0.25, -0.2) is 22.7 Å². The van der Waals surface area contributed by atoms with Gasteiger partial charge >= 0.3 is 0 Å². The molecule has 0 aliphatic carbocycles. The number of carbonyl (C=O) groups is 1. The van der Waals surface area contributed by atoms with Crippen LogP contribution in [0.3, 0.4) is 0 Å². The molecule has 1 heterocycles. The Labute approximate surface area is 212 Å². The van der Waals surface area contributed by atoms with Gasteiger partial charge in [-0.15, -0.1) is 0 Å². The molecule has 1 aromatic heterocycles. The standard InChI is InChI=1S/C24H23ClN6O4S/c1-35-16-9-10-18(25)21(14-16)29-23-24(30-20-8-3-2-7-19(20)28-23)31(12-11-26)36(33,34)17-6-4-5-15(13-17)22(27)32/h2-10,13-14H,11-12,26H2,1H3,(H2,27,32)(H,28,29). The lowest BCUT2D eigenvalue weighted by Crippen LogP contribution is -2.37. The molecule has 10 nitrogen and oxygen atoms in total. The zero-order valence-electron chi connectivity index (χ0n) is 19.2. The minimum atomic E-state index is -4.23. The van der Waals surface area contributed by atoms with Crippen molar-refractivity contribution in [1.29, 1.82) is 0 Å². The highest BCUT2D eigenvalue weighted by Crippen LogP contribution is 2.35. The lowest BCUT2D eigenvalue weighted by Gasteiger charge is -2.25. The molecule has 0 aliphatic heterocycles. The predicted molar refractivity (Wildman–Crippen MR) is 139 cm³/mol. The van der Waals surface area contributed by atoms with Gasteiger partial charge in [-0.1, -0.05) is 29.8 Å². The molecule has 12 heteroatoms. The fourth-order valence-corrected chi connectivity index (χ4v) is 5.14. The number of halogens is 1. The minimum absolute atomic E-state index is 0.00233. The van der Waals surface area contributed by atoms with Crippen LogP contribution >= 0.6 is 11.6 Å². The number of carbonyl (C=O) groups excluding carboxylic acids is 1. The van der Waals surface area contributed by atoms with E-state index in [0.717, 1.165) is 4.31 Å². The number of hydrogen-bond acceptors (Lipinski definition) is 8. The monoisotopic (exact) mass is 526 g/mol. The zero-order valence-corrected chi connectivity index (χ0v) is 20.8. The number of nitrogens with one attached hydrogen (secondary N) is 1. The van der Waals surface area contributed by atoms with Gasteiger partial charge in [0.1, 0.15) is 5.75 Å². The third-order valence-corrected chi connectivity index (χ3v) is 7.37. The molecule has 0 spiro atoms. The molecule has 186 valence electrons. The van der Waals surface area contributed by atoms with Crippen LogP contribution in [-0.2, 0) is 10.0 Å². The third-order valence-electron chi connectivity index (χ3n) is 5.25. The van der Waals surface area contributed by atoms with E-state index in [4.69, 9.17) is 27.8 Å². The second-order valence-electron chi connectivity index (χ2n) is 7.61. The SMILES string of the molecule is COc1ccc(Cl)c(Nc2nc3ccccc3nc2N(CCN)S(=O)(=O)c2cccc(C(N)=O)c2)c1. The molecule has 0 saturated heterocycles. The van der Waals surface area contributed by atoms with Crippen molar-refractivity contribution in [2.24, 2.45) is 11.5 Å². The van der Waals surface area contributed by atoms with Crippen molar-refractivity contribution in [2.75, 3.05) is 29.8 Å². The van der Waals surface area contributed by atoms with Crippen molar-refractivity contribution in [3.05, 3.63) is 77.3 Å². The van der Waals surface area contributed by atoms with Crippen LogP contribution < -0.4 is 25.8 Å². The van der Waals surface area contributed by atoms with E-state index in [9.17, 15) is 13.2 Å². The molecule has 36 heavy (non-hydrogen) atoms. The number of nitrogens with zero attached hydrogens (tertiary/aromatic N) is 3. The number of sulfonamides is 1. The van der Waals surface area contributed by atoms with E-state index in [1.54, 1.807) is 42.5 Å². The second kappa shape index (κ2) is 10.4. The first-order valence-corrected chi connectivity index (χ1v) is 12.6. The van der Waals surface area contributed by atoms with E-state index in [1.807, 2.05) is 0 Å². The van der Waals surface area contributed by atoms with Gasteiger partial charge in [0.2, 0.25) is 5.91 Å². The molecule has 5 N–H and O–H groups in total. The number of amides is 1. The van der Waals surface area contributed by atoms with Crippen molar-refractivity contribution < 1.29 is 17.9 Å². The number of benzene rings is 3. The second-order valence-corrected chi connectivity index (χ2v) is 9.88. The first kappa shape index (κ1) is 25.2. The summed E-state index contributed by atoms with van der Waals surface area (Å²) in [6, 6.07) is 17.5. The molecule has 4 rings (SSSR count). The number of rotatable bonds is 9. The molecule has 3 aromatic carbocycles. The van der Waals surface area contributed by atoms with Gasteiger partial charge in [0.25, 0.3) is 10.0 Å². The summed E-state index contributed by atoms with van der Waals surface area (Å²) in [5.41, 5.74) is 12.7. The maximum Gasteiger partial charge on any atom is 0.265 e. The Morgan fingerprint density at radius 2 is 1.78 bits per heavy atom. The maximum absolute atomic E-state index is 13.8. The number of hydrogen-bond donors (Lipinski definition) is 3. The fourth-order valence-electron chi connectivity index (χ4n) is 3.50. The largest absolute Gasteiger partial charge is 0.497 e. The Balaban J connectivity index is 1.91. The highest BCUT2D eigenvalue weighted by atomic mass is 35.5. The van der Waals surface area contributed by atoms with Crippen molar-refractivity contribution in [3.8, 4) is 5.75 Å². The van der Waals surface area contributed by atoms with Gasteiger partial charge in [-0.05, 0) is 42.5 Å². The number of ether oxygens (including phenoxy) is 1. The van der Waals surface area contributed by atoms with Crippen LogP contribution in [0.5, 0.6) is 5.75 Å². The van der Waals surface area contributed by atoms with E-state index in [0.29, 0.717) is 27.5 Å². The quantitative estimate of drug-likeness (QED) is 0.300. The molecular formula is C24H23ClN6O4S. The maximum atomic E-state index is 13.8. The van der Waals surface area contributed by atoms with Gasteiger partial charge in [0.15, 0.2) is 11.6 Å². The number of aromatic nitrogens is 2. The summed E-state index contributed by atoms with van der Waals surface area (Å²) in [4.78, 5) is 20.8. The van der Waals surface area contributed by atoms with Crippen molar-refractivity contribution in [2.45, 2.75) is 4.90 Å².